The maximum absolute atomic E-state index is 12.0. The van der Waals surface area contributed by atoms with Gasteiger partial charge in [-0.15, -0.1) is 0 Å². The lowest BCUT2D eigenvalue weighted by Crippen LogP contribution is -2.45. The molecule has 0 spiro atoms. The second-order valence-corrected chi connectivity index (χ2v) is 5.63. The van der Waals surface area contributed by atoms with E-state index in [4.69, 9.17) is 0 Å². The maximum atomic E-state index is 12.0. The fourth-order valence-electron chi connectivity index (χ4n) is 2.33. The van der Waals surface area contributed by atoms with E-state index in [0.29, 0.717) is 11.8 Å². The molecular weight excluding hydrogens is 230 g/mol. The van der Waals surface area contributed by atoms with Crippen LogP contribution in [-0.2, 0) is 4.79 Å². The van der Waals surface area contributed by atoms with Gasteiger partial charge in [-0.05, 0) is 24.7 Å². The average Bonchev–Trinajstić information content (AvgIpc) is 2.46. The Labute approximate surface area is 110 Å². The molecule has 2 atom stereocenters. The summed E-state index contributed by atoms with van der Waals surface area (Å²) in [4.78, 5) is 26.7. The number of likely N-dealkylation sites (tertiary alicyclic amines) is 1. The molecule has 1 heterocycles. The zero-order chi connectivity index (χ0) is 13.7. The van der Waals surface area contributed by atoms with E-state index in [0.717, 1.165) is 19.5 Å². The first-order chi connectivity index (χ1) is 8.40. The summed E-state index contributed by atoms with van der Waals surface area (Å²) < 4.78 is 0. The van der Waals surface area contributed by atoms with Crippen molar-refractivity contribution in [3.05, 3.63) is 0 Å². The van der Waals surface area contributed by atoms with Crippen LogP contribution in [-0.4, -0.2) is 55.5 Å². The fourth-order valence-corrected chi connectivity index (χ4v) is 2.33. The first-order valence-electron chi connectivity index (χ1n) is 6.63. The van der Waals surface area contributed by atoms with Gasteiger partial charge in [0.15, 0.2) is 0 Å². The third-order valence-corrected chi connectivity index (χ3v) is 3.41. The van der Waals surface area contributed by atoms with Crippen LogP contribution in [0.1, 0.15) is 26.7 Å². The molecule has 1 saturated heterocycles. The van der Waals surface area contributed by atoms with Crippen molar-refractivity contribution >= 4 is 11.9 Å². The molecule has 1 rings (SSSR count). The van der Waals surface area contributed by atoms with Crippen molar-refractivity contribution in [2.45, 2.75) is 26.7 Å². The van der Waals surface area contributed by atoms with Gasteiger partial charge in [-0.3, -0.25) is 4.79 Å². The molecule has 1 aliphatic rings. The van der Waals surface area contributed by atoms with Gasteiger partial charge in [0.1, 0.15) is 0 Å². The van der Waals surface area contributed by atoms with Gasteiger partial charge in [-0.2, -0.15) is 0 Å². The van der Waals surface area contributed by atoms with Gasteiger partial charge in [0.2, 0.25) is 5.91 Å². The Kier molecular flexibility index (Phi) is 5.44. The Hall–Kier alpha value is -1.26. The normalized spacial score (nSPS) is 24.3. The smallest absolute Gasteiger partial charge is 0.317 e. The SMILES string of the molecule is C[C@@H]1CCN(C(=O)NCC(=O)N(C)C)C[C@@H](C)C1. The van der Waals surface area contributed by atoms with E-state index in [-0.39, 0.29) is 18.5 Å². The molecule has 0 aromatic heterocycles. The largest absolute Gasteiger partial charge is 0.347 e. The van der Waals surface area contributed by atoms with E-state index >= 15 is 0 Å². The summed E-state index contributed by atoms with van der Waals surface area (Å²) in [6.45, 7) is 6.05. The van der Waals surface area contributed by atoms with Gasteiger partial charge in [0.05, 0.1) is 6.54 Å². The Morgan fingerprint density at radius 2 is 1.94 bits per heavy atom. The number of carbonyl (C=O) groups excluding carboxylic acids is 2. The van der Waals surface area contributed by atoms with Crippen LogP contribution in [0.3, 0.4) is 0 Å². The van der Waals surface area contributed by atoms with Crippen molar-refractivity contribution in [2.75, 3.05) is 33.7 Å². The van der Waals surface area contributed by atoms with Crippen molar-refractivity contribution in [3.8, 4) is 0 Å². The molecular formula is C13H25N3O2. The van der Waals surface area contributed by atoms with Crippen LogP contribution < -0.4 is 5.32 Å². The van der Waals surface area contributed by atoms with Gasteiger partial charge in [0, 0.05) is 27.2 Å². The maximum Gasteiger partial charge on any atom is 0.317 e. The molecule has 1 aliphatic heterocycles. The lowest BCUT2D eigenvalue weighted by atomic mass is 9.97. The molecule has 18 heavy (non-hydrogen) atoms. The second-order valence-electron chi connectivity index (χ2n) is 5.63. The summed E-state index contributed by atoms with van der Waals surface area (Å²) in [6.07, 6.45) is 2.21. The number of nitrogens with one attached hydrogen (secondary N) is 1. The quantitative estimate of drug-likeness (QED) is 0.805. The molecule has 5 nitrogen and oxygen atoms in total. The van der Waals surface area contributed by atoms with Crippen LogP contribution in [0, 0.1) is 11.8 Å². The Balaban J connectivity index is 2.43. The number of urea groups is 1. The van der Waals surface area contributed by atoms with Crippen LogP contribution >= 0.6 is 0 Å². The number of rotatable bonds is 2. The number of likely N-dealkylation sites (N-methyl/N-ethyl adjacent to an activating group) is 1. The monoisotopic (exact) mass is 255 g/mol. The minimum Gasteiger partial charge on any atom is -0.347 e. The van der Waals surface area contributed by atoms with Gasteiger partial charge < -0.3 is 15.1 Å². The Bertz CT molecular complexity index is 305. The van der Waals surface area contributed by atoms with E-state index in [1.165, 1.54) is 11.3 Å². The molecule has 3 amide bonds. The standard InChI is InChI=1S/C13H25N3O2/c1-10-5-6-16(9-11(2)7-10)13(18)14-8-12(17)15(3)4/h10-11H,5-9H2,1-4H3,(H,14,18)/t10-,11+/m1/s1. The minimum absolute atomic E-state index is 0.0757. The zero-order valence-electron chi connectivity index (χ0n) is 11.9. The van der Waals surface area contributed by atoms with Crippen molar-refractivity contribution in [1.82, 2.24) is 15.1 Å². The lowest BCUT2D eigenvalue weighted by molar-refractivity contribution is -0.127. The molecule has 0 aliphatic carbocycles. The van der Waals surface area contributed by atoms with Crippen LogP contribution in [0.4, 0.5) is 4.79 Å². The summed E-state index contributed by atoms with van der Waals surface area (Å²) in [5.74, 6) is 1.11. The highest BCUT2D eigenvalue weighted by Crippen LogP contribution is 2.21. The Morgan fingerprint density at radius 1 is 1.28 bits per heavy atom. The second kappa shape index (κ2) is 6.61. The van der Waals surface area contributed by atoms with Crippen molar-refractivity contribution < 1.29 is 9.59 Å². The first-order valence-corrected chi connectivity index (χ1v) is 6.63. The highest BCUT2D eigenvalue weighted by Gasteiger charge is 2.22. The molecule has 1 fully saturated rings. The van der Waals surface area contributed by atoms with E-state index in [1.807, 2.05) is 4.90 Å². The summed E-state index contributed by atoms with van der Waals surface area (Å²) in [5.41, 5.74) is 0. The zero-order valence-corrected chi connectivity index (χ0v) is 11.9. The molecule has 0 aromatic carbocycles. The molecule has 5 heteroatoms. The minimum atomic E-state index is -0.119. The summed E-state index contributed by atoms with van der Waals surface area (Å²) in [7, 11) is 3.37. The number of nitrogens with zero attached hydrogens (tertiary/aromatic N) is 2. The van der Waals surface area contributed by atoms with Gasteiger partial charge in [-0.1, -0.05) is 13.8 Å². The number of hydrogen-bond acceptors (Lipinski definition) is 2. The number of carbonyl (C=O) groups is 2. The molecule has 0 saturated carbocycles. The molecule has 0 aromatic rings. The predicted octanol–water partition coefficient (Wildman–Crippen LogP) is 1.15. The first kappa shape index (κ1) is 14.8. The highest BCUT2D eigenvalue weighted by atomic mass is 16.2. The average molecular weight is 255 g/mol. The third-order valence-electron chi connectivity index (χ3n) is 3.41. The van der Waals surface area contributed by atoms with Gasteiger partial charge in [0.25, 0.3) is 0 Å². The molecule has 0 bridgehead atoms. The summed E-state index contributed by atoms with van der Waals surface area (Å²) >= 11 is 0. The van der Waals surface area contributed by atoms with Crippen molar-refractivity contribution in [3.63, 3.8) is 0 Å². The van der Waals surface area contributed by atoms with E-state index in [1.54, 1.807) is 14.1 Å². The Morgan fingerprint density at radius 3 is 2.56 bits per heavy atom. The van der Waals surface area contributed by atoms with E-state index < -0.39 is 0 Å². The summed E-state index contributed by atoms with van der Waals surface area (Å²) in [6, 6.07) is -0.119. The van der Waals surface area contributed by atoms with Crippen LogP contribution in [0.5, 0.6) is 0 Å². The predicted molar refractivity (Wildman–Crippen MR) is 71.2 cm³/mol. The number of amides is 3. The van der Waals surface area contributed by atoms with Crippen molar-refractivity contribution in [1.29, 1.82) is 0 Å². The molecule has 104 valence electrons. The van der Waals surface area contributed by atoms with Crippen molar-refractivity contribution in [2.24, 2.45) is 11.8 Å². The van der Waals surface area contributed by atoms with Crippen LogP contribution in [0.15, 0.2) is 0 Å². The summed E-state index contributed by atoms with van der Waals surface area (Å²) in [5, 5.41) is 2.69. The van der Waals surface area contributed by atoms with Gasteiger partial charge in [-0.25, -0.2) is 4.79 Å². The van der Waals surface area contributed by atoms with Gasteiger partial charge >= 0.3 is 6.03 Å². The fraction of sp³-hybridized carbons (Fsp3) is 0.846. The van der Waals surface area contributed by atoms with E-state index in [9.17, 15) is 9.59 Å². The van der Waals surface area contributed by atoms with Crippen LogP contribution in [0.2, 0.25) is 0 Å². The number of hydrogen-bond donors (Lipinski definition) is 1. The van der Waals surface area contributed by atoms with Crippen LogP contribution in [0.25, 0.3) is 0 Å². The topological polar surface area (TPSA) is 52.7 Å². The molecule has 1 N–H and O–H groups in total. The molecule has 0 unspecified atom stereocenters. The van der Waals surface area contributed by atoms with E-state index in [2.05, 4.69) is 19.2 Å². The molecule has 0 radical (unpaired) electrons. The highest BCUT2D eigenvalue weighted by molar-refractivity contribution is 5.83. The lowest BCUT2D eigenvalue weighted by Gasteiger charge is -2.23. The third kappa shape index (κ3) is 4.55.